The molecule has 2 aromatic rings. The van der Waals surface area contributed by atoms with Crippen molar-refractivity contribution in [3.8, 4) is 0 Å². The molecular formula is C18H20FNO3. The minimum absolute atomic E-state index is 0.0251. The van der Waals surface area contributed by atoms with E-state index < -0.39 is 5.60 Å². The van der Waals surface area contributed by atoms with Crippen LogP contribution in [0.15, 0.2) is 48.5 Å². The van der Waals surface area contributed by atoms with E-state index in [-0.39, 0.29) is 18.3 Å². The van der Waals surface area contributed by atoms with E-state index in [4.69, 9.17) is 4.74 Å². The van der Waals surface area contributed by atoms with E-state index in [9.17, 15) is 14.3 Å². The number of ether oxygens (including phenoxy) is 1. The molecule has 122 valence electrons. The maximum atomic E-state index is 12.9. The van der Waals surface area contributed by atoms with Gasteiger partial charge in [-0.1, -0.05) is 24.3 Å². The van der Waals surface area contributed by atoms with E-state index >= 15 is 0 Å². The molecule has 0 aliphatic rings. The van der Waals surface area contributed by atoms with E-state index in [1.165, 1.54) is 24.3 Å². The van der Waals surface area contributed by atoms with Crippen molar-refractivity contribution in [2.24, 2.45) is 0 Å². The van der Waals surface area contributed by atoms with Crippen LogP contribution >= 0.6 is 0 Å². The molecule has 0 bridgehead atoms. The lowest BCUT2D eigenvalue weighted by molar-refractivity contribution is 0.0526. The molecule has 23 heavy (non-hydrogen) atoms. The highest BCUT2D eigenvalue weighted by molar-refractivity contribution is 5.94. The molecule has 2 aromatic carbocycles. The van der Waals surface area contributed by atoms with Gasteiger partial charge in [-0.15, -0.1) is 0 Å². The highest BCUT2D eigenvalue weighted by Gasteiger charge is 2.24. The first kappa shape index (κ1) is 17.1. The van der Waals surface area contributed by atoms with Crippen molar-refractivity contribution in [3.05, 3.63) is 71.0 Å². The smallest absolute Gasteiger partial charge is 0.251 e. The molecule has 1 amide bonds. The Kier molecular flexibility index (Phi) is 5.47. The Hall–Kier alpha value is -2.24. The SMILES string of the molecule is COCc1ccc(C(=O)NCC(C)(O)c2ccc(F)cc2)cc1. The number of nitrogens with one attached hydrogen (secondary N) is 1. The summed E-state index contributed by atoms with van der Waals surface area (Å²) in [6.45, 7) is 2.08. The second-order valence-corrected chi connectivity index (χ2v) is 5.59. The monoisotopic (exact) mass is 317 g/mol. The van der Waals surface area contributed by atoms with Crippen molar-refractivity contribution in [3.63, 3.8) is 0 Å². The zero-order chi connectivity index (χ0) is 16.9. The lowest BCUT2D eigenvalue weighted by atomic mass is 9.96. The van der Waals surface area contributed by atoms with Gasteiger partial charge in [-0.25, -0.2) is 4.39 Å². The number of hydrogen-bond acceptors (Lipinski definition) is 3. The predicted octanol–water partition coefficient (Wildman–Crippen LogP) is 2.61. The van der Waals surface area contributed by atoms with Crippen LogP contribution in [0.3, 0.4) is 0 Å². The fraction of sp³-hybridized carbons (Fsp3) is 0.278. The summed E-state index contributed by atoms with van der Waals surface area (Å²) in [6.07, 6.45) is 0. The second kappa shape index (κ2) is 7.35. The van der Waals surface area contributed by atoms with Crippen LogP contribution in [-0.4, -0.2) is 24.7 Å². The molecule has 1 atom stereocenters. The van der Waals surface area contributed by atoms with Gasteiger partial charge in [0.1, 0.15) is 11.4 Å². The fourth-order valence-electron chi connectivity index (χ4n) is 2.18. The van der Waals surface area contributed by atoms with Gasteiger partial charge in [-0.05, 0) is 42.3 Å². The normalized spacial score (nSPS) is 13.4. The van der Waals surface area contributed by atoms with Crippen LogP contribution in [0.5, 0.6) is 0 Å². The summed E-state index contributed by atoms with van der Waals surface area (Å²) in [5.74, 6) is -0.652. The van der Waals surface area contributed by atoms with Crippen molar-refractivity contribution >= 4 is 5.91 Å². The highest BCUT2D eigenvalue weighted by Crippen LogP contribution is 2.20. The maximum Gasteiger partial charge on any atom is 0.251 e. The number of carbonyl (C=O) groups excluding carboxylic acids is 1. The Balaban J connectivity index is 1.98. The third-order valence-corrected chi connectivity index (χ3v) is 3.59. The van der Waals surface area contributed by atoms with Gasteiger partial charge < -0.3 is 15.2 Å². The summed E-state index contributed by atoms with van der Waals surface area (Å²) in [5, 5.41) is 13.1. The van der Waals surface area contributed by atoms with Crippen molar-refractivity contribution < 1.29 is 19.0 Å². The van der Waals surface area contributed by atoms with E-state index in [1.807, 2.05) is 12.1 Å². The third-order valence-electron chi connectivity index (χ3n) is 3.59. The standard InChI is InChI=1S/C18H20FNO3/c1-18(22,15-7-9-16(19)10-8-15)12-20-17(21)14-5-3-13(4-6-14)11-23-2/h3-10,22H,11-12H2,1-2H3,(H,20,21). The number of carbonyl (C=O) groups is 1. The average Bonchev–Trinajstić information content (AvgIpc) is 2.54. The molecule has 2 rings (SSSR count). The van der Waals surface area contributed by atoms with Crippen molar-refractivity contribution in [2.75, 3.05) is 13.7 Å². The molecule has 0 saturated heterocycles. The number of hydrogen-bond donors (Lipinski definition) is 2. The number of rotatable bonds is 6. The number of aliphatic hydroxyl groups is 1. The largest absolute Gasteiger partial charge is 0.384 e. The molecule has 0 heterocycles. The Bertz CT molecular complexity index is 651. The Morgan fingerprint density at radius 3 is 2.35 bits per heavy atom. The third kappa shape index (κ3) is 4.61. The summed E-state index contributed by atoms with van der Waals surface area (Å²) in [4.78, 5) is 12.1. The van der Waals surface area contributed by atoms with Gasteiger partial charge in [0, 0.05) is 12.7 Å². The molecule has 2 N–H and O–H groups in total. The first-order chi connectivity index (χ1) is 10.9. The topological polar surface area (TPSA) is 58.6 Å². The first-order valence-corrected chi connectivity index (χ1v) is 7.27. The molecule has 0 radical (unpaired) electrons. The van der Waals surface area contributed by atoms with Gasteiger partial charge in [-0.2, -0.15) is 0 Å². The molecule has 0 aliphatic heterocycles. The average molecular weight is 317 g/mol. The van der Waals surface area contributed by atoms with Crippen LogP contribution in [-0.2, 0) is 16.9 Å². The predicted molar refractivity (Wildman–Crippen MR) is 85.5 cm³/mol. The van der Waals surface area contributed by atoms with Crippen LogP contribution in [0.4, 0.5) is 4.39 Å². The molecule has 4 nitrogen and oxygen atoms in total. The van der Waals surface area contributed by atoms with Crippen molar-refractivity contribution in [1.29, 1.82) is 0 Å². The van der Waals surface area contributed by atoms with Crippen molar-refractivity contribution in [1.82, 2.24) is 5.32 Å². The van der Waals surface area contributed by atoms with E-state index in [0.717, 1.165) is 5.56 Å². The van der Waals surface area contributed by atoms with Crippen LogP contribution in [0, 0.1) is 5.82 Å². The summed E-state index contributed by atoms with van der Waals surface area (Å²) in [5.41, 5.74) is 0.732. The number of benzene rings is 2. The quantitative estimate of drug-likeness (QED) is 0.861. The minimum Gasteiger partial charge on any atom is -0.384 e. The van der Waals surface area contributed by atoms with Gasteiger partial charge in [-0.3, -0.25) is 4.79 Å². The molecule has 0 aliphatic carbocycles. The zero-order valence-electron chi connectivity index (χ0n) is 13.2. The second-order valence-electron chi connectivity index (χ2n) is 5.59. The van der Waals surface area contributed by atoms with Gasteiger partial charge in [0.2, 0.25) is 0 Å². The van der Waals surface area contributed by atoms with E-state index in [1.54, 1.807) is 26.2 Å². The lowest BCUT2D eigenvalue weighted by Crippen LogP contribution is -2.38. The van der Waals surface area contributed by atoms with Gasteiger partial charge in [0.15, 0.2) is 0 Å². The Labute approximate surface area is 134 Å². The lowest BCUT2D eigenvalue weighted by Gasteiger charge is -2.24. The van der Waals surface area contributed by atoms with Crippen molar-refractivity contribution in [2.45, 2.75) is 19.1 Å². The summed E-state index contributed by atoms with van der Waals surface area (Å²) < 4.78 is 18.0. The van der Waals surface area contributed by atoms with E-state index in [2.05, 4.69) is 5.32 Å². The zero-order valence-corrected chi connectivity index (χ0v) is 13.2. The maximum absolute atomic E-state index is 12.9. The van der Waals surface area contributed by atoms with Crippen LogP contribution < -0.4 is 5.32 Å². The molecule has 0 aromatic heterocycles. The molecule has 1 unspecified atom stereocenters. The van der Waals surface area contributed by atoms with Gasteiger partial charge in [0.05, 0.1) is 13.2 Å². The Morgan fingerprint density at radius 2 is 1.78 bits per heavy atom. The van der Waals surface area contributed by atoms with E-state index in [0.29, 0.717) is 17.7 Å². The summed E-state index contributed by atoms with van der Waals surface area (Å²) >= 11 is 0. The van der Waals surface area contributed by atoms with Gasteiger partial charge >= 0.3 is 0 Å². The first-order valence-electron chi connectivity index (χ1n) is 7.27. The van der Waals surface area contributed by atoms with Crippen LogP contribution in [0.25, 0.3) is 0 Å². The van der Waals surface area contributed by atoms with Crippen LogP contribution in [0.1, 0.15) is 28.4 Å². The number of halogens is 1. The van der Waals surface area contributed by atoms with Gasteiger partial charge in [0.25, 0.3) is 5.91 Å². The van der Waals surface area contributed by atoms with Crippen LogP contribution in [0.2, 0.25) is 0 Å². The number of amides is 1. The minimum atomic E-state index is -1.28. The summed E-state index contributed by atoms with van der Waals surface area (Å²) in [7, 11) is 1.61. The molecular weight excluding hydrogens is 297 g/mol. The molecule has 5 heteroatoms. The molecule has 0 spiro atoms. The number of methoxy groups -OCH3 is 1. The highest BCUT2D eigenvalue weighted by atomic mass is 19.1. The summed E-state index contributed by atoms with van der Waals surface area (Å²) in [6, 6.07) is 12.6. The molecule has 0 fully saturated rings. The molecule has 0 saturated carbocycles. The fourth-order valence-corrected chi connectivity index (χ4v) is 2.18. The Morgan fingerprint density at radius 1 is 1.17 bits per heavy atom.